The zero-order valence-electron chi connectivity index (χ0n) is 21.6. The van der Waals surface area contributed by atoms with Crippen LogP contribution in [0.15, 0.2) is 47.1 Å². The summed E-state index contributed by atoms with van der Waals surface area (Å²) in [6.45, 7) is 7.18. The summed E-state index contributed by atoms with van der Waals surface area (Å²) in [7, 11) is -0.954. The fourth-order valence-electron chi connectivity index (χ4n) is 3.81. The summed E-state index contributed by atoms with van der Waals surface area (Å²) in [5, 5.41) is 7.53. The molecule has 0 radical (unpaired) electrons. The van der Waals surface area contributed by atoms with Gasteiger partial charge in [-0.2, -0.15) is 0 Å². The van der Waals surface area contributed by atoms with E-state index < -0.39 is 21.2 Å². The second-order valence-electron chi connectivity index (χ2n) is 8.55. The third-order valence-electron chi connectivity index (χ3n) is 6.22. The highest BCUT2D eigenvalue weighted by atomic mass is 32.2. The van der Waals surface area contributed by atoms with E-state index in [0.29, 0.717) is 34.5 Å². The molecule has 0 unspecified atom stereocenters. The van der Waals surface area contributed by atoms with Crippen molar-refractivity contribution in [2.45, 2.75) is 45.3 Å². The minimum absolute atomic E-state index is 0.0480. The molecule has 1 aromatic carbocycles. The number of benzene rings is 1. The van der Waals surface area contributed by atoms with Crippen molar-refractivity contribution in [2.75, 3.05) is 18.9 Å². The lowest BCUT2D eigenvalue weighted by molar-refractivity contribution is 0.391. The zero-order valence-corrected chi connectivity index (χ0v) is 22.4. The fourth-order valence-corrected chi connectivity index (χ4v) is 5.04. The van der Waals surface area contributed by atoms with Gasteiger partial charge in [-0.1, -0.05) is 19.9 Å². The molecule has 0 aliphatic rings. The Balaban J connectivity index is 1.79. The zero-order chi connectivity index (χ0) is 26.7. The number of nitrogens with zero attached hydrogens (tertiary/aromatic N) is 5. The van der Waals surface area contributed by atoms with E-state index in [1.807, 2.05) is 6.92 Å². The lowest BCUT2D eigenvalue weighted by Crippen LogP contribution is -2.31. The van der Waals surface area contributed by atoms with Crippen LogP contribution in [-0.4, -0.2) is 52.6 Å². The Kier molecular flexibility index (Phi) is 7.48. The molecule has 4 aromatic rings. The number of methoxy groups -OCH3 is 2. The van der Waals surface area contributed by atoms with Crippen molar-refractivity contribution in [3.05, 3.63) is 59.9 Å². The van der Waals surface area contributed by atoms with Crippen LogP contribution >= 0.6 is 0 Å². The molecule has 3 heterocycles. The van der Waals surface area contributed by atoms with Crippen LogP contribution in [0.1, 0.15) is 43.8 Å². The number of aryl methyl sites for hydroxylation is 2. The van der Waals surface area contributed by atoms with Crippen LogP contribution in [-0.2, 0) is 16.4 Å². The Bertz CT molecular complexity index is 1460. The van der Waals surface area contributed by atoms with Crippen molar-refractivity contribution in [3.63, 3.8) is 0 Å². The van der Waals surface area contributed by atoms with Crippen LogP contribution in [0.4, 0.5) is 5.95 Å². The van der Waals surface area contributed by atoms with Gasteiger partial charge in [0.2, 0.25) is 21.8 Å². The van der Waals surface area contributed by atoms with E-state index in [-0.39, 0.29) is 11.8 Å². The first-order chi connectivity index (χ1) is 17.7. The van der Waals surface area contributed by atoms with Crippen molar-refractivity contribution < 1.29 is 22.3 Å². The molecular formula is C25H30N6O5S. The van der Waals surface area contributed by atoms with Crippen molar-refractivity contribution >= 4 is 16.0 Å². The Morgan fingerprint density at radius 2 is 1.68 bits per heavy atom. The molecule has 4 rings (SSSR count). The highest BCUT2D eigenvalue weighted by Crippen LogP contribution is 2.38. The summed E-state index contributed by atoms with van der Waals surface area (Å²) < 4.78 is 48.2. The van der Waals surface area contributed by atoms with Gasteiger partial charge in [0, 0.05) is 18.3 Å². The summed E-state index contributed by atoms with van der Waals surface area (Å²) in [5.74, 6) is 2.08. The Hall–Kier alpha value is -3.93. The maximum atomic E-state index is 13.5. The molecule has 0 fully saturated rings. The first-order valence-electron chi connectivity index (χ1n) is 11.8. The summed E-state index contributed by atoms with van der Waals surface area (Å²) in [6, 6.07) is 8.74. The molecule has 196 valence electrons. The van der Waals surface area contributed by atoms with E-state index in [9.17, 15) is 8.42 Å². The van der Waals surface area contributed by atoms with Crippen LogP contribution in [0.3, 0.4) is 0 Å². The maximum absolute atomic E-state index is 13.5. The average Bonchev–Trinajstić information content (AvgIpc) is 3.52. The summed E-state index contributed by atoms with van der Waals surface area (Å²) >= 11 is 0. The molecule has 0 bridgehead atoms. The summed E-state index contributed by atoms with van der Waals surface area (Å²) in [5.41, 5.74) is 1.39. The van der Waals surface area contributed by atoms with E-state index >= 15 is 0 Å². The van der Waals surface area contributed by atoms with Gasteiger partial charge in [-0.05, 0) is 50.1 Å². The lowest BCUT2D eigenvalue weighted by Gasteiger charge is -2.21. The molecule has 0 saturated heterocycles. The molecule has 3 aromatic heterocycles. The van der Waals surface area contributed by atoms with Gasteiger partial charge >= 0.3 is 0 Å². The molecule has 11 nitrogen and oxygen atoms in total. The summed E-state index contributed by atoms with van der Waals surface area (Å²) in [6.07, 6.45) is 4.23. The number of sulfonamides is 1. The van der Waals surface area contributed by atoms with Crippen LogP contribution in [0, 0.1) is 6.92 Å². The highest BCUT2D eigenvalue weighted by molar-refractivity contribution is 7.93. The maximum Gasteiger partial charge on any atom is 0.243 e. The van der Waals surface area contributed by atoms with E-state index in [1.54, 1.807) is 63.5 Å². The molecule has 0 aliphatic carbocycles. The van der Waals surface area contributed by atoms with Gasteiger partial charge in [0.25, 0.3) is 0 Å². The standard InChI is InChI=1S/C25H30N6O5S/c1-7-18-13-26-23(27-14-18)16(3)17(4)37(32,33)30-25-29-28-24(21-12-11-15(2)36-21)31(25)22-19(34-5)9-8-10-20(22)35-6/h8-14,16-17H,7H2,1-6H3,(H,29,30)/t16-,17-/m1/s1. The average molecular weight is 527 g/mol. The van der Waals surface area contributed by atoms with E-state index in [4.69, 9.17) is 13.9 Å². The predicted molar refractivity (Wildman–Crippen MR) is 139 cm³/mol. The van der Waals surface area contributed by atoms with E-state index in [2.05, 4.69) is 24.9 Å². The molecule has 12 heteroatoms. The van der Waals surface area contributed by atoms with Crippen molar-refractivity contribution in [2.24, 2.45) is 0 Å². The minimum atomic E-state index is -3.98. The number of hydrogen-bond donors (Lipinski definition) is 1. The first kappa shape index (κ1) is 26.1. The number of hydrogen-bond acceptors (Lipinski definition) is 9. The molecule has 0 amide bonds. The highest BCUT2D eigenvalue weighted by Gasteiger charge is 2.32. The normalized spacial score (nSPS) is 13.2. The number of ether oxygens (including phenoxy) is 2. The molecule has 0 saturated carbocycles. The number of rotatable bonds is 10. The molecule has 0 spiro atoms. The second kappa shape index (κ2) is 10.6. The van der Waals surface area contributed by atoms with Crippen LogP contribution in [0.2, 0.25) is 0 Å². The van der Waals surface area contributed by atoms with Gasteiger partial charge in [0.15, 0.2) is 5.76 Å². The molecular weight excluding hydrogens is 496 g/mol. The number of nitrogens with one attached hydrogen (secondary N) is 1. The van der Waals surface area contributed by atoms with Crippen LogP contribution < -0.4 is 14.2 Å². The van der Waals surface area contributed by atoms with E-state index in [1.165, 1.54) is 18.8 Å². The van der Waals surface area contributed by atoms with Crippen molar-refractivity contribution in [1.82, 2.24) is 24.7 Å². The topological polar surface area (TPSA) is 134 Å². The van der Waals surface area contributed by atoms with Gasteiger partial charge in [0.1, 0.15) is 28.8 Å². The first-order valence-corrected chi connectivity index (χ1v) is 13.3. The number of anilines is 1. The van der Waals surface area contributed by atoms with Crippen molar-refractivity contribution in [3.8, 4) is 28.8 Å². The van der Waals surface area contributed by atoms with Crippen LogP contribution in [0.25, 0.3) is 17.3 Å². The van der Waals surface area contributed by atoms with Gasteiger partial charge < -0.3 is 13.9 Å². The molecule has 2 atom stereocenters. The lowest BCUT2D eigenvalue weighted by atomic mass is 10.1. The minimum Gasteiger partial charge on any atom is -0.494 e. The third-order valence-corrected chi connectivity index (χ3v) is 8.07. The summed E-state index contributed by atoms with van der Waals surface area (Å²) in [4.78, 5) is 8.73. The van der Waals surface area contributed by atoms with Gasteiger partial charge in [-0.15, -0.1) is 10.2 Å². The molecule has 37 heavy (non-hydrogen) atoms. The SMILES string of the molecule is CCc1cnc([C@H](C)[C@@H](C)S(=O)(=O)Nc2nnc(-c3ccc(C)o3)n2-c2c(OC)cccc2OC)nc1. The van der Waals surface area contributed by atoms with Crippen molar-refractivity contribution in [1.29, 1.82) is 0 Å². The number of aromatic nitrogens is 5. The Labute approximate surface area is 215 Å². The second-order valence-corrected chi connectivity index (χ2v) is 10.6. The van der Waals surface area contributed by atoms with E-state index in [0.717, 1.165) is 12.0 Å². The Morgan fingerprint density at radius 1 is 1.03 bits per heavy atom. The molecule has 0 aliphatic heterocycles. The van der Waals surface area contributed by atoms with Gasteiger partial charge in [0.05, 0.1) is 19.5 Å². The Morgan fingerprint density at radius 3 is 2.22 bits per heavy atom. The predicted octanol–water partition coefficient (Wildman–Crippen LogP) is 4.14. The smallest absolute Gasteiger partial charge is 0.243 e. The van der Waals surface area contributed by atoms with Crippen LogP contribution in [0.5, 0.6) is 11.5 Å². The largest absolute Gasteiger partial charge is 0.494 e. The third kappa shape index (κ3) is 5.15. The fraction of sp³-hybridized carbons (Fsp3) is 0.360. The quantitative estimate of drug-likeness (QED) is 0.323. The van der Waals surface area contributed by atoms with Gasteiger partial charge in [-0.3, -0.25) is 9.29 Å². The monoisotopic (exact) mass is 526 g/mol. The number of para-hydroxylation sites is 1. The number of furan rings is 1. The van der Waals surface area contributed by atoms with Gasteiger partial charge in [-0.25, -0.2) is 18.4 Å². The molecule has 1 N–H and O–H groups in total.